The molecule has 0 unspecified atom stereocenters. The summed E-state index contributed by atoms with van der Waals surface area (Å²) in [4.78, 5) is 14.1. The van der Waals surface area contributed by atoms with E-state index in [1.54, 1.807) is 0 Å². The SMILES string of the molecule is N#Cc1cc(C(F)F)c(CCl)nc1C(=O)O. The third kappa shape index (κ3) is 2.25. The van der Waals surface area contributed by atoms with Crippen molar-refractivity contribution in [3.63, 3.8) is 0 Å². The lowest BCUT2D eigenvalue weighted by Crippen LogP contribution is -2.09. The van der Waals surface area contributed by atoms with Gasteiger partial charge in [0.15, 0.2) is 5.69 Å². The van der Waals surface area contributed by atoms with Crippen LogP contribution in [0.15, 0.2) is 6.07 Å². The summed E-state index contributed by atoms with van der Waals surface area (Å²) in [6.45, 7) is 0. The normalized spacial score (nSPS) is 10.2. The van der Waals surface area contributed by atoms with Crippen LogP contribution in [0.5, 0.6) is 0 Å². The quantitative estimate of drug-likeness (QED) is 0.831. The Hall–Kier alpha value is -1.74. The molecule has 1 N–H and O–H groups in total. The molecule has 0 aliphatic heterocycles. The monoisotopic (exact) mass is 246 g/mol. The van der Waals surface area contributed by atoms with Crippen LogP contribution >= 0.6 is 11.6 Å². The van der Waals surface area contributed by atoms with E-state index >= 15 is 0 Å². The highest BCUT2D eigenvalue weighted by Gasteiger charge is 2.20. The van der Waals surface area contributed by atoms with Gasteiger partial charge < -0.3 is 5.11 Å². The van der Waals surface area contributed by atoms with Gasteiger partial charge in [0, 0.05) is 5.56 Å². The maximum absolute atomic E-state index is 12.5. The number of rotatable bonds is 3. The first-order valence-electron chi connectivity index (χ1n) is 4.02. The van der Waals surface area contributed by atoms with Crippen molar-refractivity contribution in [1.82, 2.24) is 4.98 Å². The smallest absolute Gasteiger partial charge is 0.355 e. The molecule has 0 spiro atoms. The van der Waals surface area contributed by atoms with Gasteiger partial charge in [-0.25, -0.2) is 18.6 Å². The van der Waals surface area contributed by atoms with Crippen molar-refractivity contribution in [1.29, 1.82) is 5.26 Å². The van der Waals surface area contributed by atoms with E-state index in [0.717, 1.165) is 6.07 Å². The minimum absolute atomic E-state index is 0.229. The Morgan fingerprint density at radius 2 is 2.31 bits per heavy atom. The zero-order valence-corrected chi connectivity index (χ0v) is 8.50. The van der Waals surface area contributed by atoms with E-state index in [0.29, 0.717) is 0 Å². The van der Waals surface area contributed by atoms with Crippen molar-refractivity contribution < 1.29 is 18.7 Å². The Morgan fingerprint density at radius 1 is 1.69 bits per heavy atom. The average molecular weight is 247 g/mol. The first-order chi connectivity index (χ1) is 7.51. The second-order valence-corrected chi connectivity index (χ2v) is 3.04. The summed E-state index contributed by atoms with van der Waals surface area (Å²) in [5.74, 6) is -1.80. The van der Waals surface area contributed by atoms with Crippen molar-refractivity contribution in [2.75, 3.05) is 0 Å². The van der Waals surface area contributed by atoms with E-state index in [2.05, 4.69) is 4.98 Å². The molecule has 7 heteroatoms. The van der Waals surface area contributed by atoms with Gasteiger partial charge in [0.25, 0.3) is 6.43 Å². The number of hydrogen-bond acceptors (Lipinski definition) is 3. The summed E-state index contributed by atoms with van der Waals surface area (Å²) in [6, 6.07) is 2.31. The highest BCUT2D eigenvalue weighted by molar-refractivity contribution is 6.17. The van der Waals surface area contributed by atoms with Gasteiger partial charge in [-0.1, -0.05) is 0 Å². The second kappa shape index (κ2) is 4.86. The molecule has 16 heavy (non-hydrogen) atoms. The summed E-state index contributed by atoms with van der Waals surface area (Å²) < 4.78 is 25.0. The summed E-state index contributed by atoms with van der Waals surface area (Å²) in [6.07, 6.45) is -2.85. The summed E-state index contributed by atoms with van der Waals surface area (Å²) in [7, 11) is 0. The van der Waals surface area contributed by atoms with E-state index in [1.165, 1.54) is 6.07 Å². The molecule has 1 heterocycles. The Kier molecular flexibility index (Phi) is 3.74. The molecule has 0 radical (unpaired) electrons. The fourth-order valence-electron chi connectivity index (χ4n) is 1.11. The largest absolute Gasteiger partial charge is 0.476 e. The molecule has 0 amide bonds. The molecule has 4 nitrogen and oxygen atoms in total. The van der Waals surface area contributed by atoms with Gasteiger partial charge in [0.2, 0.25) is 0 Å². The summed E-state index contributed by atoms with van der Waals surface area (Å²) >= 11 is 5.38. The molecule has 1 aromatic rings. The Bertz CT molecular complexity index is 471. The lowest BCUT2D eigenvalue weighted by Gasteiger charge is -2.07. The zero-order chi connectivity index (χ0) is 12.3. The molecule has 0 saturated heterocycles. The molecule has 1 aromatic heterocycles. The molecule has 1 rings (SSSR count). The first-order valence-corrected chi connectivity index (χ1v) is 4.56. The van der Waals surface area contributed by atoms with Gasteiger partial charge in [-0.15, -0.1) is 11.6 Å². The van der Waals surface area contributed by atoms with Crippen LogP contribution in [0, 0.1) is 11.3 Å². The number of carboxylic acid groups (broad SMARTS) is 1. The molecule has 0 saturated carbocycles. The highest BCUT2D eigenvalue weighted by Crippen LogP contribution is 2.25. The van der Waals surface area contributed by atoms with Crippen LogP contribution in [0.1, 0.15) is 33.7 Å². The number of carboxylic acids is 1. The molecule has 0 aromatic carbocycles. The summed E-state index contributed by atoms with van der Waals surface area (Å²) in [5.41, 5.74) is -1.72. The van der Waals surface area contributed by atoms with Crippen LogP contribution in [0.4, 0.5) is 8.78 Å². The fourth-order valence-corrected chi connectivity index (χ4v) is 1.33. The van der Waals surface area contributed by atoms with Gasteiger partial charge in [-0.3, -0.25) is 0 Å². The molecular weight excluding hydrogens is 242 g/mol. The predicted molar refractivity (Wildman–Crippen MR) is 50.4 cm³/mol. The van der Waals surface area contributed by atoms with E-state index in [-0.39, 0.29) is 11.6 Å². The number of hydrogen-bond donors (Lipinski definition) is 1. The summed E-state index contributed by atoms with van der Waals surface area (Å²) in [5, 5.41) is 17.3. The molecule has 0 bridgehead atoms. The van der Waals surface area contributed by atoms with Gasteiger partial charge in [-0.2, -0.15) is 5.26 Å². The van der Waals surface area contributed by atoms with Crippen LogP contribution in [0.25, 0.3) is 0 Å². The van der Waals surface area contributed by atoms with Crippen molar-refractivity contribution in [3.05, 3.63) is 28.6 Å². The van der Waals surface area contributed by atoms with Gasteiger partial charge in [0.05, 0.1) is 17.1 Å². The number of aromatic nitrogens is 1. The van der Waals surface area contributed by atoms with Gasteiger partial charge in [0.1, 0.15) is 6.07 Å². The Morgan fingerprint density at radius 3 is 2.69 bits per heavy atom. The van der Waals surface area contributed by atoms with Crippen LogP contribution in [-0.4, -0.2) is 16.1 Å². The number of pyridine rings is 1. The fraction of sp³-hybridized carbons (Fsp3) is 0.222. The zero-order valence-electron chi connectivity index (χ0n) is 7.75. The van der Waals surface area contributed by atoms with Crippen LogP contribution < -0.4 is 0 Å². The lowest BCUT2D eigenvalue weighted by atomic mass is 10.1. The minimum Gasteiger partial charge on any atom is -0.476 e. The van der Waals surface area contributed by atoms with E-state index < -0.39 is 29.2 Å². The molecule has 84 valence electrons. The molecule has 0 aliphatic rings. The number of nitriles is 1. The minimum atomic E-state index is -2.85. The first kappa shape index (κ1) is 12.3. The number of alkyl halides is 3. The van der Waals surface area contributed by atoms with Crippen molar-refractivity contribution in [2.24, 2.45) is 0 Å². The highest BCUT2D eigenvalue weighted by atomic mass is 35.5. The lowest BCUT2D eigenvalue weighted by molar-refractivity contribution is 0.0689. The second-order valence-electron chi connectivity index (χ2n) is 2.77. The van der Waals surface area contributed by atoms with Crippen molar-refractivity contribution in [2.45, 2.75) is 12.3 Å². The molecule has 0 aliphatic carbocycles. The molecule has 0 fully saturated rings. The Labute approximate surface area is 94.1 Å². The third-order valence-electron chi connectivity index (χ3n) is 1.82. The van der Waals surface area contributed by atoms with E-state index in [4.69, 9.17) is 22.0 Å². The average Bonchev–Trinajstić information content (AvgIpc) is 2.26. The maximum Gasteiger partial charge on any atom is 0.355 e. The van der Waals surface area contributed by atoms with Crippen molar-refractivity contribution in [3.8, 4) is 6.07 Å². The molecular formula is C9H5ClF2N2O2. The number of halogens is 3. The van der Waals surface area contributed by atoms with E-state index in [1.807, 2.05) is 0 Å². The standard InChI is InChI=1S/C9H5ClF2N2O2/c10-2-6-5(8(11)12)1-4(3-13)7(14-6)9(15)16/h1,8H,2H2,(H,15,16). The predicted octanol–water partition coefficient (Wildman–Crippen LogP) is 2.33. The van der Waals surface area contributed by atoms with Gasteiger partial charge in [-0.05, 0) is 6.07 Å². The maximum atomic E-state index is 12.5. The number of carbonyl (C=O) groups is 1. The van der Waals surface area contributed by atoms with Gasteiger partial charge >= 0.3 is 5.97 Å². The van der Waals surface area contributed by atoms with Crippen LogP contribution in [-0.2, 0) is 5.88 Å². The van der Waals surface area contributed by atoms with Crippen LogP contribution in [0.2, 0.25) is 0 Å². The van der Waals surface area contributed by atoms with E-state index in [9.17, 15) is 13.6 Å². The molecule has 0 atom stereocenters. The van der Waals surface area contributed by atoms with Crippen molar-refractivity contribution >= 4 is 17.6 Å². The topological polar surface area (TPSA) is 74.0 Å². The number of aromatic carboxylic acids is 1. The Balaban J connectivity index is 3.48. The number of nitrogens with zero attached hydrogens (tertiary/aromatic N) is 2. The van der Waals surface area contributed by atoms with Crippen LogP contribution in [0.3, 0.4) is 0 Å². The third-order valence-corrected chi connectivity index (χ3v) is 2.07.